The van der Waals surface area contributed by atoms with Crippen LogP contribution in [-0.2, 0) is 6.54 Å². The fourth-order valence-electron chi connectivity index (χ4n) is 4.02. The average Bonchev–Trinajstić information content (AvgIpc) is 3.13. The van der Waals surface area contributed by atoms with Gasteiger partial charge in [0.15, 0.2) is 5.52 Å². The monoisotopic (exact) mass is 411 g/mol. The molecular formula is C25H21N3OS. The number of thiazole rings is 1. The molecular weight excluding hydrogens is 390 g/mol. The van der Waals surface area contributed by atoms with E-state index in [4.69, 9.17) is 5.10 Å². The molecule has 148 valence electrons. The molecule has 5 rings (SSSR count). The lowest BCUT2D eigenvalue weighted by atomic mass is 10.0. The zero-order valence-corrected chi connectivity index (χ0v) is 18.0. The van der Waals surface area contributed by atoms with Gasteiger partial charge in [0.1, 0.15) is 5.69 Å². The topological polar surface area (TPSA) is 47.8 Å². The van der Waals surface area contributed by atoms with Crippen molar-refractivity contribution in [1.29, 1.82) is 0 Å². The van der Waals surface area contributed by atoms with Gasteiger partial charge in [-0.3, -0.25) is 4.79 Å². The van der Waals surface area contributed by atoms with Crippen molar-refractivity contribution in [2.45, 2.75) is 27.3 Å². The first-order chi connectivity index (χ1) is 14.5. The summed E-state index contributed by atoms with van der Waals surface area (Å²) in [6, 6.07) is 20.7. The van der Waals surface area contributed by atoms with E-state index in [9.17, 15) is 4.79 Å². The highest BCUT2D eigenvalue weighted by molar-refractivity contribution is 7.19. The molecule has 2 heterocycles. The zero-order valence-electron chi connectivity index (χ0n) is 17.1. The van der Waals surface area contributed by atoms with Gasteiger partial charge in [-0.15, -0.1) is 11.3 Å². The Bertz CT molecular complexity index is 1470. The first-order valence-electron chi connectivity index (χ1n) is 9.94. The standard InChI is InChI=1S/C25H21N3OS/c1-15-11-12-20(16(2)13-15)22-24-23(26-17(3)30-24)25(29)28(27-22)14-19-9-6-8-18-7-4-5-10-21(18)19/h4-13H,14H2,1-3H3. The minimum atomic E-state index is -0.143. The molecule has 0 radical (unpaired) electrons. The van der Waals surface area contributed by atoms with E-state index in [-0.39, 0.29) is 5.56 Å². The smallest absolute Gasteiger partial charge is 0.265 e. The van der Waals surface area contributed by atoms with E-state index in [1.165, 1.54) is 16.9 Å². The Labute approximate surface area is 178 Å². The van der Waals surface area contributed by atoms with Gasteiger partial charge >= 0.3 is 0 Å². The Kier molecular flexibility index (Phi) is 4.48. The second kappa shape index (κ2) is 7.18. The van der Waals surface area contributed by atoms with Gasteiger partial charge in [0.05, 0.1) is 16.3 Å². The molecule has 0 spiro atoms. The van der Waals surface area contributed by atoms with Crippen molar-refractivity contribution in [2.75, 3.05) is 0 Å². The number of aromatic nitrogens is 3. The maximum absolute atomic E-state index is 13.2. The van der Waals surface area contributed by atoms with Gasteiger partial charge in [-0.1, -0.05) is 66.2 Å². The van der Waals surface area contributed by atoms with Crippen molar-refractivity contribution >= 4 is 32.3 Å². The molecule has 5 heteroatoms. The molecule has 0 saturated heterocycles. The highest BCUT2D eigenvalue weighted by Crippen LogP contribution is 2.32. The third-order valence-electron chi connectivity index (χ3n) is 5.44. The SMILES string of the molecule is Cc1ccc(-c2nn(Cc3cccc4ccccc34)c(=O)c3nc(C)sc23)c(C)c1. The van der Waals surface area contributed by atoms with Gasteiger partial charge in [0.25, 0.3) is 5.56 Å². The van der Waals surface area contributed by atoms with Gasteiger partial charge in [0.2, 0.25) is 0 Å². The predicted molar refractivity (Wildman–Crippen MR) is 124 cm³/mol. The third-order valence-corrected chi connectivity index (χ3v) is 6.42. The molecule has 4 nitrogen and oxygen atoms in total. The van der Waals surface area contributed by atoms with Crippen LogP contribution in [0.25, 0.3) is 32.2 Å². The predicted octanol–water partition coefficient (Wildman–Crippen LogP) is 5.65. The van der Waals surface area contributed by atoms with Crippen LogP contribution < -0.4 is 5.56 Å². The molecule has 0 aliphatic heterocycles. The van der Waals surface area contributed by atoms with E-state index >= 15 is 0 Å². The van der Waals surface area contributed by atoms with E-state index in [0.29, 0.717) is 12.1 Å². The second-order valence-corrected chi connectivity index (χ2v) is 8.88. The van der Waals surface area contributed by atoms with Crippen LogP contribution >= 0.6 is 11.3 Å². The van der Waals surface area contributed by atoms with Crippen LogP contribution in [-0.4, -0.2) is 14.8 Å². The van der Waals surface area contributed by atoms with Crippen LogP contribution in [0, 0.1) is 20.8 Å². The largest absolute Gasteiger partial charge is 0.294 e. The van der Waals surface area contributed by atoms with Crippen LogP contribution in [0.15, 0.2) is 65.5 Å². The fourth-order valence-corrected chi connectivity index (χ4v) is 4.93. The van der Waals surface area contributed by atoms with E-state index in [1.807, 2.05) is 25.1 Å². The number of benzene rings is 3. The van der Waals surface area contributed by atoms with Crippen LogP contribution in [0.4, 0.5) is 0 Å². The number of hydrogen-bond acceptors (Lipinski definition) is 4. The van der Waals surface area contributed by atoms with E-state index in [2.05, 4.69) is 61.3 Å². The lowest BCUT2D eigenvalue weighted by Gasteiger charge is -2.12. The molecule has 0 aliphatic rings. The molecule has 0 fully saturated rings. The molecule has 0 aliphatic carbocycles. The van der Waals surface area contributed by atoms with Gasteiger partial charge in [0, 0.05) is 5.56 Å². The highest BCUT2D eigenvalue weighted by Gasteiger charge is 2.18. The van der Waals surface area contributed by atoms with Gasteiger partial charge in [-0.25, -0.2) is 9.67 Å². The van der Waals surface area contributed by atoms with E-state index in [0.717, 1.165) is 42.9 Å². The quantitative estimate of drug-likeness (QED) is 0.386. The molecule has 0 atom stereocenters. The first kappa shape index (κ1) is 18.7. The van der Waals surface area contributed by atoms with Gasteiger partial charge in [-0.05, 0) is 42.7 Å². The summed E-state index contributed by atoms with van der Waals surface area (Å²) in [4.78, 5) is 17.8. The lowest BCUT2D eigenvalue weighted by molar-refractivity contribution is 0.653. The zero-order chi connectivity index (χ0) is 20.8. The number of nitrogens with zero attached hydrogens (tertiary/aromatic N) is 3. The summed E-state index contributed by atoms with van der Waals surface area (Å²) < 4.78 is 2.43. The highest BCUT2D eigenvalue weighted by atomic mass is 32.1. The van der Waals surface area contributed by atoms with Crippen molar-refractivity contribution in [3.8, 4) is 11.3 Å². The number of fused-ring (bicyclic) bond motifs is 2. The van der Waals surface area contributed by atoms with Gasteiger partial charge in [-0.2, -0.15) is 5.10 Å². The number of hydrogen-bond donors (Lipinski definition) is 0. The first-order valence-corrected chi connectivity index (χ1v) is 10.8. The van der Waals surface area contributed by atoms with Crippen molar-refractivity contribution in [3.63, 3.8) is 0 Å². The molecule has 0 amide bonds. The Morgan fingerprint density at radius 2 is 1.77 bits per heavy atom. The molecule has 30 heavy (non-hydrogen) atoms. The summed E-state index contributed by atoms with van der Waals surface area (Å²) in [6.45, 7) is 6.51. The Balaban J connectivity index is 1.75. The average molecular weight is 412 g/mol. The fraction of sp³-hybridized carbons (Fsp3) is 0.160. The van der Waals surface area contributed by atoms with Crippen molar-refractivity contribution < 1.29 is 0 Å². The minimum absolute atomic E-state index is 0.143. The molecule has 0 bridgehead atoms. The normalized spacial score (nSPS) is 11.4. The maximum Gasteiger partial charge on any atom is 0.294 e. The molecule has 2 aromatic heterocycles. The summed E-state index contributed by atoms with van der Waals surface area (Å²) >= 11 is 1.53. The van der Waals surface area contributed by atoms with E-state index < -0.39 is 0 Å². The molecule has 0 saturated carbocycles. The molecule has 0 N–H and O–H groups in total. The van der Waals surface area contributed by atoms with Crippen LogP contribution in [0.5, 0.6) is 0 Å². The van der Waals surface area contributed by atoms with Crippen molar-refractivity contribution in [2.24, 2.45) is 0 Å². The number of aryl methyl sites for hydroxylation is 3. The maximum atomic E-state index is 13.2. The summed E-state index contributed by atoms with van der Waals surface area (Å²) in [7, 11) is 0. The molecule has 3 aromatic carbocycles. The summed E-state index contributed by atoms with van der Waals surface area (Å²) in [5.41, 5.74) is 5.65. The van der Waals surface area contributed by atoms with Gasteiger partial charge < -0.3 is 0 Å². The Hall–Kier alpha value is -3.31. The Morgan fingerprint density at radius 1 is 0.967 bits per heavy atom. The van der Waals surface area contributed by atoms with Crippen molar-refractivity contribution in [3.05, 3.63) is 92.7 Å². The molecule has 5 aromatic rings. The second-order valence-electron chi connectivity index (χ2n) is 7.68. The summed E-state index contributed by atoms with van der Waals surface area (Å²) in [5.74, 6) is 0. The van der Waals surface area contributed by atoms with Crippen LogP contribution in [0.2, 0.25) is 0 Å². The van der Waals surface area contributed by atoms with Crippen LogP contribution in [0.1, 0.15) is 21.7 Å². The van der Waals surface area contributed by atoms with Crippen molar-refractivity contribution in [1.82, 2.24) is 14.8 Å². The minimum Gasteiger partial charge on any atom is -0.265 e. The third kappa shape index (κ3) is 3.12. The lowest BCUT2D eigenvalue weighted by Crippen LogP contribution is -2.24. The van der Waals surface area contributed by atoms with Crippen LogP contribution in [0.3, 0.4) is 0 Å². The summed E-state index contributed by atoms with van der Waals surface area (Å²) in [5, 5.41) is 8.02. The Morgan fingerprint density at radius 3 is 2.60 bits per heavy atom. The number of rotatable bonds is 3. The molecule has 0 unspecified atom stereocenters. The van der Waals surface area contributed by atoms with E-state index in [1.54, 1.807) is 4.68 Å². The summed E-state index contributed by atoms with van der Waals surface area (Å²) in [6.07, 6.45) is 0.